The molecule has 0 radical (unpaired) electrons. The van der Waals surface area contributed by atoms with Crippen LogP contribution in [0.25, 0.3) is 0 Å². The summed E-state index contributed by atoms with van der Waals surface area (Å²) in [6.07, 6.45) is 2.08. The number of primary sulfonamides is 1. The molecule has 0 aliphatic carbocycles. The zero-order chi connectivity index (χ0) is 15.6. The van der Waals surface area contributed by atoms with Gasteiger partial charge in [-0.05, 0) is 20.3 Å². The number of halogens is 1. The van der Waals surface area contributed by atoms with Crippen LogP contribution in [0.2, 0.25) is 0 Å². The Balaban J connectivity index is 2.21. The highest BCUT2D eigenvalue weighted by Gasteiger charge is 2.35. The molecule has 0 spiro atoms. The maximum absolute atomic E-state index is 12.9. The van der Waals surface area contributed by atoms with Crippen molar-refractivity contribution in [3.63, 3.8) is 0 Å². The van der Waals surface area contributed by atoms with Crippen LogP contribution in [-0.2, 0) is 14.8 Å². The van der Waals surface area contributed by atoms with Crippen molar-refractivity contribution in [2.24, 2.45) is 5.14 Å². The smallest absolute Gasteiger partial charge is 0.225 e. The summed E-state index contributed by atoms with van der Waals surface area (Å²) in [4.78, 5) is 9.42. The Labute approximate surface area is 123 Å². The van der Waals surface area contributed by atoms with E-state index in [1.807, 2.05) is 13.8 Å². The van der Waals surface area contributed by atoms with Crippen LogP contribution in [-0.4, -0.2) is 48.9 Å². The van der Waals surface area contributed by atoms with Crippen LogP contribution < -0.4 is 10.0 Å². The van der Waals surface area contributed by atoms with Crippen molar-refractivity contribution in [2.75, 3.05) is 18.0 Å². The average molecular weight is 318 g/mol. The highest BCUT2D eigenvalue weighted by molar-refractivity contribution is 7.89. The lowest BCUT2D eigenvalue weighted by Gasteiger charge is -2.37. The second kappa shape index (κ2) is 6.20. The molecule has 1 aliphatic rings. The van der Waals surface area contributed by atoms with E-state index in [2.05, 4.69) is 9.97 Å². The van der Waals surface area contributed by atoms with E-state index in [4.69, 9.17) is 9.88 Å². The molecule has 118 valence electrons. The average Bonchev–Trinajstić information content (AvgIpc) is 2.37. The lowest BCUT2D eigenvalue weighted by molar-refractivity contribution is 0.00144. The maximum atomic E-state index is 12.9. The van der Waals surface area contributed by atoms with E-state index >= 15 is 0 Å². The van der Waals surface area contributed by atoms with Crippen molar-refractivity contribution in [1.82, 2.24) is 9.97 Å². The highest BCUT2D eigenvalue weighted by atomic mass is 32.2. The molecule has 0 amide bonds. The molecule has 21 heavy (non-hydrogen) atoms. The van der Waals surface area contributed by atoms with Gasteiger partial charge in [0, 0.05) is 13.1 Å². The standard InChI is InChI=1S/C12H19FN4O3S/c1-8(2)20-10-3-11(21(14,18)19)7-17(6-10)12-15-4-9(13)5-16-12/h4-5,8,10-11H,3,6-7H2,1-2H3,(H2,14,18,19). The van der Waals surface area contributed by atoms with Gasteiger partial charge < -0.3 is 9.64 Å². The quantitative estimate of drug-likeness (QED) is 0.856. The Bertz CT molecular complexity index is 579. The SMILES string of the molecule is CC(C)OC1CC(S(N)(=O)=O)CN(c2ncc(F)cn2)C1. The fourth-order valence-corrected chi connectivity index (χ4v) is 3.23. The topological polar surface area (TPSA) is 98.4 Å². The Kier molecular flexibility index (Phi) is 4.74. The molecule has 2 N–H and O–H groups in total. The maximum Gasteiger partial charge on any atom is 0.225 e. The van der Waals surface area contributed by atoms with E-state index in [1.54, 1.807) is 4.90 Å². The van der Waals surface area contributed by atoms with Crippen LogP contribution in [0.4, 0.5) is 10.3 Å². The Morgan fingerprint density at radius 1 is 1.38 bits per heavy atom. The lowest BCUT2D eigenvalue weighted by Crippen LogP contribution is -2.52. The number of rotatable bonds is 4. The summed E-state index contributed by atoms with van der Waals surface area (Å²) in [7, 11) is -3.69. The molecule has 1 aromatic heterocycles. The van der Waals surface area contributed by atoms with Gasteiger partial charge in [0.05, 0.1) is 29.9 Å². The number of anilines is 1. The lowest BCUT2D eigenvalue weighted by atomic mass is 10.1. The van der Waals surface area contributed by atoms with Crippen molar-refractivity contribution < 1.29 is 17.5 Å². The molecule has 0 aromatic carbocycles. The van der Waals surface area contributed by atoms with E-state index in [0.29, 0.717) is 13.0 Å². The van der Waals surface area contributed by atoms with Crippen LogP contribution in [0.1, 0.15) is 20.3 Å². The number of hydrogen-bond donors (Lipinski definition) is 1. The van der Waals surface area contributed by atoms with Crippen molar-refractivity contribution in [1.29, 1.82) is 0 Å². The van der Waals surface area contributed by atoms with Gasteiger partial charge in [0.1, 0.15) is 0 Å². The molecular formula is C12H19FN4O3S. The number of sulfonamides is 1. The summed E-state index contributed by atoms with van der Waals surface area (Å²) >= 11 is 0. The summed E-state index contributed by atoms with van der Waals surface area (Å²) in [5, 5.41) is 4.50. The molecule has 9 heteroatoms. The van der Waals surface area contributed by atoms with E-state index < -0.39 is 21.1 Å². The Hall–Kier alpha value is -1.32. The first-order valence-corrected chi connectivity index (χ1v) is 8.26. The molecule has 1 fully saturated rings. The van der Waals surface area contributed by atoms with Crippen LogP contribution in [0.15, 0.2) is 12.4 Å². The first-order chi connectivity index (χ1) is 9.75. The molecule has 0 saturated carbocycles. The minimum Gasteiger partial charge on any atom is -0.374 e. The highest BCUT2D eigenvalue weighted by Crippen LogP contribution is 2.22. The van der Waals surface area contributed by atoms with Gasteiger partial charge in [-0.25, -0.2) is 27.9 Å². The van der Waals surface area contributed by atoms with Crippen molar-refractivity contribution in [3.8, 4) is 0 Å². The van der Waals surface area contributed by atoms with E-state index in [1.165, 1.54) is 0 Å². The third-order valence-electron chi connectivity index (χ3n) is 3.19. The van der Waals surface area contributed by atoms with Gasteiger partial charge in [-0.3, -0.25) is 0 Å². The Morgan fingerprint density at radius 3 is 2.52 bits per heavy atom. The summed E-state index contributed by atoms with van der Waals surface area (Å²) in [5.74, 6) is -0.282. The van der Waals surface area contributed by atoms with Crippen molar-refractivity contribution in [2.45, 2.75) is 37.7 Å². The number of aromatic nitrogens is 2. The predicted molar refractivity (Wildman–Crippen MR) is 75.7 cm³/mol. The number of ether oxygens (including phenoxy) is 1. The first-order valence-electron chi connectivity index (χ1n) is 6.65. The monoisotopic (exact) mass is 318 g/mol. The first kappa shape index (κ1) is 16.1. The molecule has 2 heterocycles. The third kappa shape index (κ3) is 4.32. The van der Waals surface area contributed by atoms with Crippen molar-refractivity contribution >= 4 is 16.0 Å². The summed E-state index contributed by atoms with van der Waals surface area (Å²) in [6, 6.07) is 0. The van der Waals surface area contributed by atoms with Crippen LogP contribution in [0.3, 0.4) is 0 Å². The second-order valence-electron chi connectivity index (χ2n) is 5.36. The number of hydrogen-bond acceptors (Lipinski definition) is 6. The van der Waals surface area contributed by atoms with Crippen LogP contribution >= 0.6 is 0 Å². The van der Waals surface area contributed by atoms with Gasteiger partial charge in [0.15, 0.2) is 5.82 Å². The molecule has 2 atom stereocenters. The van der Waals surface area contributed by atoms with Gasteiger partial charge in [0.2, 0.25) is 16.0 Å². The van der Waals surface area contributed by atoms with Crippen molar-refractivity contribution in [3.05, 3.63) is 18.2 Å². The number of nitrogens with two attached hydrogens (primary N) is 1. The fourth-order valence-electron chi connectivity index (χ4n) is 2.36. The van der Waals surface area contributed by atoms with Gasteiger partial charge in [0.25, 0.3) is 0 Å². The van der Waals surface area contributed by atoms with E-state index in [9.17, 15) is 12.8 Å². The molecule has 1 saturated heterocycles. The molecule has 2 rings (SSSR count). The molecule has 1 aromatic rings. The van der Waals surface area contributed by atoms with Gasteiger partial charge in [-0.1, -0.05) is 0 Å². The van der Waals surface area contributed by atoms with Gasteiger partial charge in [-0.15, -0.1) is 0 Å². The second-order valence-corrected chi connectivity index (χ2v) is 7.20. The zero-order valence-corrected chi connectivity index (χ0v) is 12.8. The molecular weight excluding hydrogens is 299 g/mol. The number of nitrogens with zero attached hydrogens (tertiary/aromatic N) is 3. The number of piperidine rings is 1. The molecule has 1 aliphatic heterocycles. The minimum absolute atomic E-state index is 0.0368. The summed E-state index contributed by atoms with van der Waals surface area (Å²) in [5.41, 5.74) is 0. The zero-order valence-electron chi connectivity index (χ0n) is 11.9. The largest absolute Gasteiger partial charge is 0.374 e. The fraction of sp³-hybridized carbons (Fsp3) is 0.667. The molecule has 7 nitrogen and oxygen atoms in total. The molecule has 0 bridgehead atoms. The normalized spacial score (nSPS) is 23.6. The van der Waals surface area contributed by atoms with E-state index in [0.717, 1.165) is 12.4 Å². The van der Waals surface area contributed by atoms with Gasteiger partial charge >= 0.3 is 0 Å². The van der Waals surface area contributed by atoms with E-state index in [-0.39, 0.29) is 24.7 Å². The van der Waals surface area contributed by atoms with Crippen LogP contribution in [0, 0.1) is 5.82 Å². The third-order valence-corrected chi connectivity index (χ3v) is 4.46. The Morgan fingerprint density at radius 2 is 2.00 bits per heavy atom. The molecule has 2 unspecified atom stereocenters. The van der Waals surface area contributed by atoms with Gasteiger partial charge in [-0.2, -0.15) is 0 Å². The predicted octanol–water partition coefficient (Wildman–Crippen LogP) is 0.276. The summed E-state index contributed by atoms with van der Waals surface area (Å²) < 4.78 is 41.9. The summed E-state index contributed by atoms with van der Waals surface area (Å²) in [6.45, 7) is 4.36. The minimum atomic E-state index is -3.69. The van der Waals surface area contributed by atoms with Crippen LogP contribution in [0.5, 0.6) is 0 Å².